The molecule has 1 unspecified atom stereocenters. The highest BCUT2D eigenvalue weighted by Crippen LogP contribution is 2.21. The summed E-state index contributed by atoms with van der Waals surface area (Å²) >= 11 is 5.90. The van der Waals surface area contributed by atoms with E-state index < -0.39 is 5.97 Å². The molecule has 0 bridgehead atoms. The van der Waals surface area contributed by atoms with Crippen molar-refractivity contribution in [1.29, 1.82) is 0 Å². The highest BCUT2D eigenvalue weighted by molar-refractivity contribution is 6.31. The quantitative estimate of drug-likeness (QED) is 0.875. The molecule has 6 heteroatoms. The van der Waals surface area contributed by atoms with Gasteiger partial charge in [-0.3, -0.25) is 4.79 Å². The highest BCUT2D eigenvalue weighted by atomic mass is 35.5. The second-order valence-electron chi connectivity index (χ2n) is 4.62. The number of rotatable bonds is 5. The summed E-state index contributed by atoms with van der Waals surface area (Å²) in [6.45, 7) is 5.81. The molecule has 0 aliphatic heterocycles. The molecule has 1 atom stereocenters. The number of halogens is 1. The molecule has 2 amide bonds. The lowest BCUT2D eigenvalue weighted by atomic mass is 10.2. The molecule has 0 saturated carbocycles. The predicted molar refractivity (Wildman–Crippen MR) is 79.3 cm³/mol. The highest BCUT2D eigenvalue weighted by Gasteiger charge is 2.21. The molecule has 0 heterocycles. The third kappa shape index (κ3) is 4.42. The van der Waals surface area contributed by atoms with E-state index in [2.05, 4.69) is 5.32 Å². The number of aryl methyl sites for hydroxylation is 1. The van der Waals surface area contributed by atoms with Crippen molar-refractivity contribution < 1.29 is 14.7 Å². The van der Waals surface area contributed by atoms with Gasteiger partial charge in [-0.15, -0.1) is 0 Å². The Morgan fingerprint density at radius 2 is 2.10 bits per heavy atom. The number of hydrogen-bond acceptors (Lipinski definition) is 2. The molecule has 110 valence electrons. The van der Waals surface area contributed by atoms with Gasteiger partial charge in [-0.25, -0.2) is 4.79 Å². The Morgan fingerprint density at radius 1 is 1.45 bits per heavy atom. The summed E-state index contributed by atoms with van der Waals surface area (Å²) < 4.78 is 0. The average molecular weight is 299 g/mol. The first-order valence-corrected chi connectivity index (χ1v) is 6.78. The van der Waals surface area contributed by atoms with Gasteiger partial charge in [0.15, 0.2) is 0 Å². The number of carbonyl (C=O) groups is 2. The Hall–Kier alpha value is -1.75. The number of nitrogens with zero attached hydrogens (tertiary/aromatic N) is 1. The van der Waals surface area contributed by atoms with Gasteiger partial charge in [-0.2, -0.15) is 0 Å². The number of amides is 2. The minimum Gasteiger partial charge on any atom is -0.481 e. The molecular formula is C14H19ClN2O3. The second-order valence-corrected chi connectivity index (χ2v) is 5.06. The van der Waals surface area contributed by atoms with Crippen LogP contribution < -0.4 is 5.32 Å². The standard InChI is InChI=1S/C14H19ClN2O3/c1-4-17(10(3)7-13(18)19)14(20)16-12-8-11(15)6-5-9(12)2/h5-6,8,10H,4,7H2,1-3H3,(H,16,20)(H,18,19). The van der Waals surface area contributed by atoms with Crippen molar-refractivity contribution in [3.63, 3.8) is 0 Å². The van der Waals surface area contributed by atoms with E-state index in [0.29, 0.717) is 17.3 Å². The topological polar surface area (TPSA) is 69.6 Å². The summed E-state index contributed by atoms with van der Waals surface area (Å²) in [5, 5.41) is 12.1. The number of benzene rings is 1. The Kier molecular flexibility index (Phi) is 5.82. The lowest BCUT2D eigenvalue weighted by Gasteiger charge is -2.27. The molecule has 1 rings (SSSR count). The number of carboxylic acids is 1. The van der Waals surface area contributed by atoms with Crippen LogP contribution in [0.4, 0.5) is 10.5 Å². The number of carboxylic acid groups (broad SMARTS) is 1. The minimum absolute atomic E-state index is 0.0875. The van der Waals surface area contributed by atoms with E-state index in [1.807, 2.05) is 19.9 Å². The van der Waals surface area contributed by atoms with Crippen LogP contribution in [0.3, 0.4) is 0 Å². The fraction of sp³-hybridized carbons (Fsp3) is 0.429. The maximum Gasteiger partial charge on any atom is 0.322 e. The molecule has 0 aromatic heterocycles. The SMILES string of the molecule is CCN(C(=O)Nc1cc(Cl)ccc1C)C(C)CC(=O)O. The van der Waals surface area contributed by atoms with Crippen molar-refractivity contribution >= 4 is 29.3 Å². The number of nitrogens with one attached hydrogen (secondary N) is 1. The number of hydrogen-bond donors (Lipinski definition) is 2. The monoisotopic (exact) mass is 298 g/mol. The molecule has 20 heavy (non-hydrogen) atoms. The Morgan fingerprint density at radius 3 is 2.65 bits per heavy atom. The van der Waals surface area contributed by atoms with Gasteiger partial charge in [0.05, 0.1) is 6.42 Å². The van der Waals surface area contributed by atoms with E-state index in [9.17, 15) is 9.59 Å². The zero-order chi connectivity index (χ0) is 15.3. The van der Waals surface area contributed by atoms with Gasteiger partial charge in [0, 0.05) is 23.3 Å². The first-order valence-electron chi connectivity index (χ1n) is 6.40. The van der Waals surface area contributed by atoms with Crippen LogP contribution in [-0.4, -0.2) is 34.6 Å². The normalized spacial score (nSPS) is 11.8. The lowest BCUT2D eigenvalue weighted by Crippen LogP contribution is -2.42. The van der Waals surface area contributed by atoms with Crippen LogP contribution in [0.2, 0.25) is 5.02 Å². The Bertz CT molecular complexity index is 505. The van der Waals surface area contributed by atoms with Crippen molar-refractivity contribution in [2.75, 3.05) is 11.9 Å². The maximum absolute atomic E-state index is 12.2. The van der Waals surface area contributed by atoms with E-state index in [0.717, 1.165) is 5.56 Å². The van der Waals surface area contributed by atoms with Gasteiger partial charge in [0.25, 0.3) is 0 Å². The van der Waals surface area contributed by atoms with Crippen molar-refractivity contribution in [1.82, 2.24) is 4.90 Å². The molecule has 5 nitrogen and oxygen atoms in total. The molecule has 0 spiro atoms. The van der Waals surface area contributed by atoms with Gasteiger partial charge in [-0.05, 0) is 38.5 Å². The number of aliphatic carboxylic acids is 1. The lowest BCUT2D eigenvalue weighted by molar-refractivity contribution is -0.137. The molecule has 0 fully saturated rings. The predicted octanol–water partition coefficient (Wildman–Crippen LogP) is 3.37. The summed E-state index contributed by atoms with van der Waals surface area (Å²) in [5.41, 5.74) is 1.52. The largest absolute Gasteiger partial charge is 0.481 e. The van der Waals surface area contributed by atoms with Gasteiger partial charge >= 0.3 is 12.0 Å². The summed E-state index contributed by atoms with van der Waals surface area (Å²) in [7, 11) is 0. The number of urea groups is 1. The molecule has 2 N–H and O–H groups in total. The van der Waals surface area contributed by atoms with Crippen LogP contribution in [0.5, 0.6) is 0 Å². The Balaban J connectivity index is 2.82. The summed E-state index contributed by atoms with van der Waals surface area (Å²) in [6, 6.07) is 4.53. The van der Waals surface area contributed by atoms with Crippen LogP contribution in [0.1, 0.15) is 25.8 Å². The van der Waals surface area contributed by atoms with E-state index in [1.54, 1.807) is 19.1 Å². The van der Waals surface area contributed by atoms with Crippen LogP contribution in [0.25, 0.3) is 0 Å². The third-order valence-electron chi connectivity index (χ3n) is 3.04. The summed E-state index contributed by atoms with van der Waals surface area (Å²) in [6.07, 6.45) is -0.0875. The van der Waals surface area contributed by atoms with E-state index in [4.69, 9.17) is 16.7 Å². The van der Waals surface area contributed by atoms with Gasteiger partial charge in [0.2, 0.25) is 0 Å². The van der Waals surface area contributed by atoms with E-state index >= 15 is 0 Å². The maximum atomic E-state index is 12.2. The van der Waals surface area contributed by atoms with E-state index in [-0.39, 0.29) is 18.5 Å². The number of anilines is 1. The first-order chi connectivity index (χ1) is 9.35. The average Bonchev–Trinajstić information content (AvgIpc) is 2.33. The zero-order valence-corrected chi connectivity index (χ0v) is 12.6. The zero-order valence-electron chi connectivity index (χ0n) is 11.8. The van der Waals surface area contributed by atoms with Crippen molar-refractivity contribution in [2.45, 2.75) is 33.2 Å². The second kappa shape index (κ2) is 7.14. The Labute approximate surface area is 123 Å². The fourth-order valence-electron chi connectivity index (χ4n) is 1.93. The van der Waals surface area contributed by atoms with Crippen molar-refractivity contribution in [3.8, 4) is 0 Å². The minimum atomic E-state index is -0.928. The number of carbonyl (C=O) groups excluding carboxylic acids is 1. The van der Waals surface area contributed by atoms with Crippen molar-refractivity contribution in [2.24, 2.45) is 0 Å². The molecule has 0 radical (unpaired) electrons. The molecule has 0 aliphatic rings. The van der Waals surface area contributed by atoms with Gasteiger partial charge in [0.1, 0.15) is 0 Å². The molecule has 0 aliphatic carbocycles. The first kappa shape index (κ1) is 16.3. The molecule has 1 aromatic rings. The summed E-state index contributed by atoms with van der Waals surface area (Å²) in [4.78, 5) is 24.4. The van der Waals surface area contributed by atoms with Crippen LogP contribution >= 0.6 is 11.6 Å². The smallest absolute Gasteiger partial charge is 0.322 e. The van der Waals surface area contributed by atoms with E-state index in [1.165, 1.54) is 4.90 Å². The summed E-state index contributed by atoms with van der Waals surface area (Å²) in [5.74, 6) is -0.928. The van der Waals surface area contributed by atoms with Crippen LogP contribution in [0.15, 0.2) is 18.2 Å². The van der Waals surface area contributed by atoms with Crippen LogP contribution in [0, 0.1) is 6.92 Å². The third-order valence-corrected chi connectivity index (χ3v) is 3.28. The van der Waals surface area contributed by atoms with Crippen molar-refractivity contribution in [3.05, 3.63) is 28.8 Å². The van der Waals surface area contributed by atoms with Crippen LogP contribution in [-0.2, 0) is 4.79 Å². The molecule has 1 aromatic carbocycles. The van der Waals surface area contributed by atoms with Gasteiger partial charge < -0.3 is 15.3 Å². The molecule has 0 saturated heterocycles. The molecular weight excluding hydrogens is 280 g/mol. The van der Waals surface area contributed by atoms with Gasteiger partial charge in [-0.1, -0.05) is 17.7 Å². The fourth-order valence-corrected chi connectivity index (χ4v) is 2.11.